The Bertz CT molecular complexity index is 3520. The van der Waals surface area contributed by atoms with Gasteiger partial charge in [-0.3, -0.25) is 0 Å². The molecule has 0 saturated heterocycles. The smallest absolute Gasteiger partial charge is 0.0991 e. The lowest BCUT2D eigenvalue weighted by atomic mass is 9.70. The lowest BCUT2D eigenvalue weighted by molar-refractivity contribution is 0.794. The van der Waals surface area contributed by atoms with E-state index in [2.05, 4.69) is 180 Å². The largest absolute Gasteiger partial charge is 0.310 e. The lowest BCUT2D eigenvalue weighted by Crippen LogP contribution is -2.26. The second kappa shape index (κ2) is 14.0. The van der Waals surface area contributed by atoms with Crippen LogP contribution >= 0.6 is 0 Å². The van der Waals surface area contributed by atoms with Crippen molar-refractivity contribution in [3.05, 3.63) is 252 Å². The molecule has 0 amide bonds. The molecule has 0 N–H and O–H groups in total. The van der Waals surface area contributed by atoms with Gasteiger partial charge in [0.1, 0.15) is 0 Å². The first-order valence-corrected chi connectivity index (χ1v) is 22.0. The van der Waals surface area contributed by atoms with Crippen LogP contribution in [0.25, 0.3) is 55.3 Å². The van der Waals surface area contributed by atoms with Crippen molar-refractivity contribution in [1.29, 1.82) is 10.5 Å². The van der Waals surface area contributed by atoms with Crippen LogP contribution in [0.5, 0.6) is 0 Å². The quantitative estimate of drug-likeness (QED) is 0.168. The molecule has 0 bridgehead atoms. The zero-order valence-electron chi connectivity index (χ0n) is 35.1. The molecule has 65 heavy (non-hydrogen) atoms. The van der Waals surface area contributed by atoms with Crippen molar-refractivity contribution in [2.45, 2.75) is 5.41 Å². The van der Waals surface area contributed by atoms with Crippen LogP contribution < -0.4 is 9.80 Å². The van der Waals surface area contributed by atoms with Crippen molar-refractivity contribution >= 4 is 44.9 Å². The summed E-state index contributed by atoms with van der Waals surface area (Å²) in [6.07, 6.45) is 0. The van der Waals surface area contributed by atoms with Gasteiger partial charge in [-0.25, -0.2) is 0 Å². The fraction of sp³-hybridized carbons (Fsp3) is 0.0164. The molecule has 10 aromatic carbocycles. The number of rotatable bonds is 6. The first-order chi connectivity index (χ1) is 32.1. The maximum absolute atomic E-state index is 9.76. The summed E-state index contributed by atoms with van der Waals surface area (Å²) in [6, 6.07) is 82.6. The molecule has 0 heterocycles. The minimum Gasteiger partial charge on any atom is -0.310 e. The summed E-state index contributed by atoms with van der Waals surface area (Å²) in [6.45, 7) is 0. The van der Waals surface area contributed by atoms with Crippen LogP contribution in [0, 0.1) is 22.7 Å². The minimum absolute atomic E-state index is 0.621. The van der Waals surface area contributed by atoms with E-state index in [0.29, 0.717) is 11.1 Å². The normalized spacial score (nSPS) is 12.7. The summed E-state index contributed by atoms with van der Waals surface area (Å²) in [5, 5.41) is 22.1. The number of hydrogen-bond acceptors (Lipinski definition) is 4. The molecule has 0 fully saturated rings. The number of para-hydroxylation sites is 2. The molecule has 3 aliphatic rings. The summed E-state index contributed by atoms with van der Waals surface area (Å²) in [4.78, 5) is 4.60. The third-order valence-electron chi connectivity index (χ3n) is 13.8. The van der Waals surface area contributed by atoms with Crippen LogP contribution in [-0.2, 0) is 5.41 Å². The van der Waals surface area contributed by atoms with Gasteiger partial charge in [0, 0.05) is 34.1 Å². The summed E-state index contributed by atoms with van der Waals surface area (Å²) in [5.74, 6) is 0. The van der Waals surface area contributed by atoms with E-state index in [-0.39, 0.29) is 0 Å². The number of fused-ring (bicyclic) bond motifs is 14. The molecule has 300 valence electrons. The molecule has 1 spiro atoms. The van der Waals surface area contributed by atoms with Crippen molar-refractivity contribution in [1.82, 2.24) is 0 Å². The highest BCUT2D eigenvalue weighted by Gasteiger charge is 2.53. The number of benzene rings is 10. The van der Waals surface area contributed by atoms with Gasteiger partial charge in [0.2, 0.25) is 0 Å². The third kappa shape index (κ3) is 5.17. The zero-order valence-corrected chi connectivity index (χ0v) is 35.1. The van der Waals surface area contributed by atoms with Crippen LogP contribution in [0.15, 0.2) is 218 Å². The predicted octanol–water partition coefficient (Wildman–Crippen LogP) is 15.5. The Morgan fingerprint density at radius 1 is 0.308 bits per heavy atom. The second-order valence-corrected chi connectivity index (χ2v) is 17.0. The van der Waals surface area contributed by atoms with E-state index in [1.54, 1.807) is 0 Å². The molecular formula is C61H36N4. The highest BCUT2D eigenvalue weighted by molar-refractivity contribution is 6.21. The highest BCUT2D eigenvalue weighted by Crippen LogP contribution is 2.66. The van der Waals surface area contributed by atoms with E-state index >= 15 is 0 Å². The van der Waals surface area contributed by atoms with Crippen LogP contribution in [-0.4, -0.2) is 0 Å². The summed E-state index contributed by atoms with van der Waals surface area (Å²) in [7, 11) is 0. The van der Waals surface area contributed by atoms with Crippen LogP contribution in [0.1, 0.15) is 33.4 Å². The molecule has 13 rings (SSSR count). The standard InChI is InChI=1S/C61H36N4/c62-37-39-22-26-43(27-23-39)64(41-12-3-1-4-13-41)45-30-32-49-50-33-31-46(65(42-14-5-2-6-15-42)44-28-24-40(38-63)25-29-44)35-57(50)61(56(49)34-45)55-21-10-9-18-52(55)60-53-20-11-19-51-47-16-7-8-17-48(47)54(59(51)53)36-58(60)61/h1-36H. The Kier molecular flexibility index (Phi) is 7.91. The van der Waals surface area contributed by atoms with Crippen molar-refractivity contribution in [2.24, 2.45) is 0 Å². The number of nitrogens with zero attached hydrogens (tertiary/aromatic N) is 4. The first-order valence-electron chi connectivity index (χ1n) is 22.0. The maximum Gasteiger partial charge on any atom is 0.0991 e. The van der Waals surface area contributed by atoms with Crippen molar-refractivity contribution in [3.63, 3.8) is 0 Å². The second-order valence-electron chi connectivity index (χ2n) is 17.0. The molecule has 0 atom stereocenters. The van der Waals surface area contributed by atoms with Gasteiger partial charge >= 0.3 is 0 Å². The molecule has 0 aliphatic heterocycles. The Hall–Kier alpha value is -8.96. The summed E-state index contributed by atoms with van der Waals surface area (Å²) >= 11 is 0. The molecule has 0 aromatic heterocycles. The van der Waals surface area contributed by atoms with E-state index in [4.69, 9.17) is 0 Å². The number of anilines is 6. The Morgan fingerprint density at radius 2 is 0.754 bits per heavy atom. The lowest BCUT2D eigenvalue weighted by Gasteiger charge is -2.33. The fourth-order valence-electron chi connectivity index (χ4n) is 11.2. The van der Waals surface area contributed by atoms with Gasteiger partial charge < -0.3 is 9.80 Å². The molecule has 4 heteroatoms. The fourth-order valence-corrected chi connectivity index (χ4v) is 11.2. The van der Waals surface area contributed by atoms with E-state index in [9.17, 15) is 10.5 Å². The summed E-state index contributed by atoms with van der Waals surface area (Å²) < 4.78 is 0. The summed E-state index contributed by atoms with van der Waals surface area (Å²) in [5.41, 5.74) is 21.6. The predicted molar refractivity (Wildman–Crippen MR) is 263 cm³/mol. The molecular weight excluding hydrogens is 789 g/mol. The van der Waals surface area contributed by atoms with E-state index in [0.717, 1.165) is 34.1 Å². The first kappa shape index (κ1) is 36.7. The molecule has 0 saturated carbocycles. The van der Waals surface area contributed by atoms with Crippen molar-refractivity contribution < 1.29 is 0 Å². The van der Waals surface area contributed by atoms with Crippen LogP contribution in [0.3, 0.4) is 0 Å². The zero-order chi connectivity index (χ0) is 43.2. The number of hydrogen-bond donors (Lipinski definition) is 0. The van der Waals surface area contributed by atoms with Gasteiger partial charge in [0.05, 0.1) is 28.7 Å². The van der Waals surface area contributed by atoms with E-state index in [1.807, 2.05) is 60.7 Å². The monoisotopic (exact) mass is 824 g/mol. The van der Waals surface area contributed by atoms with Gasteiger partial charge in [0.25, 0.3) is 0 Å². The molecule has 4 nitrogen and oxygen atoms in total. The average Bonchev–Trinajstić information content (AvgIpc) is 3.97. The highest BCUT2D eigenvalue weighted by atomic mass is 15.1. The van der Waals surface area contributed by atoms with Gasteiger partial charge in [-0.15, -0.1) is 0 Å². The van der Waals surface area contributed by atoms with Gasteiger partial charge in [-0.1, -0.05) is 115 Å². The number of nitriles is 2. The molecule has 3 aliphatic carbocycles. The molecule has 0 unspecified atom stereocenters. The van der Waals surface area contributed by atoms with E-state index in [1.165, 1.54) is 77.5 Å². The third-order valence-corrected chi connectivity index (χ3v) is 13.8. The Morgan fingerprint density at radius 3 is 1.29 bits per heavy atom. The Labute approximate surface area is 377 Å². The van der Waals surface area contributed by atoms with Gasteiger partial charge in [0.15, 0.2) is 0 Å². The SMILES string of the molecule is N#Cc1ccc(N(c2ccccc2)c2ccc3c(c2)C2(c4cc(N(c5ccccc5)c5ccc(C#N)cc5)ccc4-3)c3ccccc3-c3c2cc2c4c(cccc34)-c3ccccc3-2)cc1. The molecule has 10 aromatic rings. The van der Waals surface area contributed by atoms with Crippen molar-refractivity contribution in [2.75, 3.05) is 9.80 Å². The van der Waals surface area contributed by atoms with Gasteiger partial charge in [-0.05, 0) is 181 Å². The van der Waals surface area contributed by atoms with Crippen LogP contribution in [0.4, 0.5) is 34.1 Å². The van der Waals surface area contributed by atoms with E-state index < -0.39 is 5.41 Å². The minimum atomic E-state index is -0.707. The Balaban J connectivity index is 1.13. The van der Waals surface area contributed by atoms with Crippen LogP contribution in [0.2, 0.25) is 0 Å². The van der Waals surface area contributed by atoms with Gasteiger partial charge in [-0.2, -0.15) is 10.5 Å². The topological polar surface area (TPSA) is 54.1 Å². The maximum atomic E-state index is 9.76. The average molecular weight is 825 g/mol. The molecule has 0 radical (unpaired) electrons. The van der Waals surface area contributed by atoms with Crippen molar-refractivity contribution in [3.8, 4) is 56.6 Å².